The van der Waals surface area contributed by atoms with E-state index >= 15 is 0 Å². The third-order valence-electron chi connectivity index (χ3n) is 5.07. The van der Waals surface area contributed by atoms with Gasteiger partial charge in [0.25, 0.3) is 5.91 Å². The second kappa shape index (κ2) is 10.1. The lowest BCUT2D eigenvalue weighted by molar-refractivity contribution is 0.0162. The molecule has 1 aliphatic heterocycles. The third kappa shape index (κ3) is 5.19. The molecule has 156 valence electrons. The fourth-order valence-corrected chi connectivity index (χ4v) is 3.46. The molecule has 7 nitrogen and oxygen atoms in total. The van der Waals surface area contributed by atoms with E-state index in [1.165, 1.54) is 0 Å². The molecule has 0 saturated carbocycles. The summed E-state index contributed by atoms with van der Waals surface area (Å²) in [5.74, 6) is 1.87. The molecule has 7 heteroatoms. The molecule has 0 spiro atoms. The second-order valence-electron chi connectivity index (χ2n) is 6.72. The van der Waals surface area contributed by atoms with Crippen molar-refractivity contribution in [3.05, 3.63) is 53.6 Å². The van der Waals surface area contributed by atoms with Crippen molar-refractivity contribution in [2.24, 2.45) is 0 Å². The summed E-state index contributed by atoms with van der Waals surface area (Å²) in [5, 5.41) is 3.06. The van der Waals surface area contributed by atoms with E-state index in [4.69, 9.17) is 18.9 Å². The zero-order valence-corrected chi connectivity index (χ0v) is 17.1. The highest BCUT2D eigenvalue weighted by molar-refractivity contribution is 5.94. The molecule has 29 heavy (non-hydrogen) atoms. The molecule has 2 aromatic rings. The van der Waals surface area contributed by atoms with Gasteiger partial charge in [-0.3, -0.25) is 9.69 Å². The van der Waals surface area contributed by atoms with Gasteiger partial charge in [-0.15, -0.1) is 0 Å². The van der Waals surface area contributed by atoms with Crippen LogP contribution in [0.1, 0.15) is 22.0 Å². The smallest absolute Gasteiger partial charge is 0.251 e. The Morgan fingerprint density at radius 3 is 2.48 bits per heavy atom. The number of carbonyl (C=O) groups is 1. The molecule has 1 N–H and O–H groups in total. The number of nitrogens with one attached hydrogen (secondary N) is 1. The topological polar surface area (TPSA) is 69.3 Å². The highest BCUT2D eigenvalue weighted by Gasteiger charge is 2.24. The number of nitrogens with zero attached hydrogens (tertiary/aromatic N) is 1. The summed E-state index contributed by atoms with van der Waals surface area (Å²) in [6.07, 6.45) is 0. The minimum atomic E-state index is -0.136. The van der Waals surface area contributed by atoms with Crippen molar-refractivity contribution < 1.29 is 23.7 Å². The van der Waals surface area contributed by atoms with Crippen LogP contribution in [0.15, 0.2) is 42.5 Å². The highest BCUT2D eigenvalue weighted by atomic mass is 16.5. The minimum absolute atomic E-state index is 0.00624. The Hall–Kier alpha value is -2.77. The lowest BCUT2D eigenvalue weighted by Crippen LogP contribution is -2.43. The molecule has 1 atom stereocenters. The van der Waals surface area contributed by atoms with Crippen molar-refractivity contribution in [3.8, 4) is 17.2 Å². The number of carbonyl (C=O) groups excluding carboxylic acids is 1. The van der Waals surface area contributed by atoms with Crippen molar-refractivity contribution in [1.29, 1.82) is 0 Å². The average molecular weight is 400 g/mol. The van der Waals surface area contributed by atoms with Gasteiger partial charge in [0.05, 0.1) is 40.6 Å². The first-order chi connectivity index (χ1) is 14.2. The maximum atomic E-state index is 12.7. The van der Waals surface area contributed by atoms with Gasteiger partial charge in [0, 0.05) is 25.2 Å². The van der Waals surface area contributed by atoms with Crippen LogP contribution < -0.4 is 19.5 Å². The van der Waals surface area contributed by atoms with Gasteiger partial charge in [0.1, 0.15) is 5.75 Å². The summed E-state index contributed by atoms with van der Waals surface area (Å²) >= 11 is 0. The van der Waals surface area contributed by atoms with Crippen LogP contribution in [0.2, 0.25) is 0 Å². The van der Waals surface area contributed by atoms with Crippen molar-refractivity contribution in [2.45, 2.75) is 6.04 Å². The molecule has 0 unspecified atom stereocenters. The van der Waals surface area contributed by atoms with E-state index < -0.39 is 0 Å². The van der Waals surface area contributed by atoms with Crippen LogP contribution in [0.25, 0.3) is 0 Å². The fraction of sp³-hybridized carbons (Fsp3) is 0.409. The maximum absolute atomic E-state index is 12.7. The number of morpholine rings is 1. The third-order valence-corrected chi connectivity index (χ3v) is 5.07. The lowest BCUT2D eigenvalue weighted by atomic mass is 10.0. The van der Waals surface area contributed by atoms with Crippen LogP contribution in [0.4, 0.5) is 0 Å². The molecule has 2 aromatic carbocycles. The maximum Gasteiger partial charge on any atom is 0.251 e. The first kappa shape index (κ1) is 21.0. The normalized spacial score (nSPS) is 15.4. The van der Waals surface area contributed by atoms with E-state index in [1.54, 1.807) is 33.5 Å². The van der Waals surface area contributed by atoms with Crippen LogP contribution >= 0.6 is 0 Å². The molecule has 0 aliphatic carbocycles. The summed E-state index contributed by atoms with van der Waals surface area (Å²) in [6, 6.07) is 13.0. The van der Waals surface area contributed by atoms with E-state index in [2.05, 4.69) is 10.2 Å². The number of hydrogen-bond donors (Lipinski definition) is 1. The van der Waals surface area contributed by atoms with Crippen molar-refractivity contribution >= 4 is 5.91 Å². The molecule has 3 rings (SSSR count). The van der Waals surface area contributed by atoms with Crippen LogP contribution in [0.3, 0.4) is 0 Å². The number of rotatable bonds is 8. The van der Waals surface area contributed by atoms with E-state index in [-0.39, 0.29) is 11.9 Å². The molecule has 1 saturated heterocycles. The number of benzene rings is 2. The molecule has 0 radical (unpaired) electrons. The van der Waals surface area contributed by atoms with E-state index in [9.17, 15) is 4.79 Å². The molecule has 0 aromatic heterocycles. The lowest BCUT2D eigenvalue weighted by Gasteiger charge is -2.35. The average Bonchev–Trinajstić information content (AvgIpc) is 2.79. The number of hydrogen-bond acceptors (Lipinski definition) is 6. The van der Waals surface area contributed by atoms with Crippen molar-refractivity contribution in [3.63, 3.8) is 0 Å². The SMILES string of the molecule is COc1cccc(C(=O)NC[C@H](c2ccc(OC)c(OC)c2)N2CCOCC2)c1. The molecule has 0 bridgehead atoms. The van der Waals surface area contributed by atoms with Crippen molar-refractivity contribution in [1.82, 2.24) is 10.2 Å². The number of methoxy groups -OCH3 is 3. The van der Waals surface area contributed by atoms with Gasteiger partial charge in [-0.25, -0.2) is 0 Å². The van der Waals surface area contributed by atoms with Crippen LogP contribution in [-0.2, 0) is 4.74 Å². The van der Waals surface area contributed by atoms with E-state index in [0.29, 0.717) is 42.6 Å². The van der Waals surface area contributed by atoms with Crippen LogP contribution in [-0.4, -0.2) is 65.0 Å². The van der Waals surface area contributed by atoms with Gasteiger partial charge in [-0.1, -0.05) is 12.1 Å². The number of ether oxygens (including phenoxy) is 4. The van der Waals surface area contributed by atoms with Crippen LogP contribution in [0.5, 0.6) is 17.2 Å². The number of amides is 1. The summed E-state index contributed by atoms with van der Waals surface area (Å²) in [6.45, 7) is 3.41. The quantitative estimate of drug-likeness (QED) is 0.734. The Morgan fingerprint density at radius 1 is 1.03 bits per heavy atom. The Bertz CT molecular complexity index is 821. The molecular formula is C22H28N2O5. The molecule has 1 amide bonds. The van der Waals surface area contributed by atoms with E-state index in [0.717, 1.165) is 18.7 Å². The van der Waals surface area contributed by atoms with Gasteiger partial charge in [-0.2, -0.15) is 0 Å². The largest absolute Gasteiger partial charge is 0.497 e. The first-order valence-corrected chi connectivity index (χ1v) is 9.62. The van der Waals surface area contributed by atoms with Crippen molar-refractivity contribution in [2.75, 3.05) is 54.2 Å². The van der Waals surface area contributed by atoms with Gasteiger partial charge < -0.3 is 24.3 Å². The zero-order chi connectivity index (χ0) is 20.6. The Balaban J connectivity index is 1.79. The summed E-state index contributed by atoms with van der Waals surface area (Å²) in [7, 11) is 4.82. The highest BCUT2D eigenvalue weighted by Crippen LogP contribution is 2.32. The predicted molar refractivity (Wildman–Crippen MR) is 110 cm³/mol. The Morgan fingerprint density at radius 2 is 1.79 bits per heavy atom. The molecule has 1 fully saturated rings. The molecule has 1 heterocycles. The first-order valence-electron chi connectivity index (χ1n) is 9.62. The monoisotopic (exact) mass is 400 g/mol. The fourth-order valence-electron chi connectivity index (χ4n) is 3.46. The summed E-state index contributed by atoms with van der Waals surface area (Å²) < 4.78 is 21.5. The minimum Gasteiger partial charge on any atom is -0.497 e. The zero-order valence-electron chi connectivity index (χ0n) is 17.1. The molecular weight excluding hydrogens is 372 g/mol. The van der Waals surface area contributed by atoms with Gasteiger partial charge >= 0.3 is 0 Å². The van der Waals surface area contributed by atoms with Gasteiger partial charge in [-0.05, 0) is 35.9 Å². The second-order valence-corrected chi connectivity index (χ2v) is 6.72. The Kier molecular flexibility index (Phi) is 7.32. The summed E-state index contributed by atoms with van der Waals surface area (Å²) in [5.41, 5.74) is 1.62. The van der Waals surface area contributed by atoms with E-state index in [1.807, 2.05) is 30.3 Å². The van der Waals surface area contributed by atoms with Gasteiger partial charge in [0.15, 0.2) is 11.5 Å². The predicted octanol–water partition coefficient (Wildman–Crippen LogP) is 2.52. The van der Waals surface area contributed by atoms with Crippen LogP contribution in [0, 0.1) is 0 Å². The van der Waals surface area contributed by atoms with Gasteiger partial charge in [0.2, 0.25) is 0 Å². The standard InChI is InChI=1S/C22H28N2O5/c1-26-18-6-4-5-17(13-18)22(25)23-15-19(24-9-11-29-12-10-24)16-7-8-20(27-2)21(14-16)28-3/h4-8,13-14,19H,9-12,15H2,1-3H3,(H,23,25)/t19-/m1/s1. The molecule has 1 aliphatic rings. The summed E-state index contributed by atoms with van der Waals surface area (Å²) in [4.78, 5) is 15.0. The Labute approximate surface area is 171 Å².